The summed E-state index contributed by atoms with van der Waals surface area (Å²) in [6, 6.07) is 6.11. The quantitative estimate of drug-likeness (QED) is 0.872. The minimum atomic E-state index is 0.456. The average molecular weight is 230 g/mol. The predicted octanol–water partition coefficient (Wildman–Crippen LogP) is 1.85. The Bertz CT molecular complexity index is 502. The highest BCUT2D eigenvalue weighted by molar-refractivity contribution is 5.34. The van der Waals surface area contributed by atoms with Gasteiger partial charge in [0.05, 0.1) is 17.1 Å². The third-order valence-corrected chi connectivity index (χ3v) is 2.81. The first-order valence-corrected chi connectivity index (χ1v) is 6.01. The Kier molecular flexibility index (Phi) is 3.54. The van der Waals surface area contributed by atoms with Gasteiger partial charge in [0.2, 0.25) is 0 Å². The number of hydrogen-bond acceptors (Lipinski definition) is 3. The molecule has 2 aromatic heterocycles. The Morgan fingerprint density at radius 1 is 1.18 bits per heavy atom. The first-order chi connectivity index (χ1) is 8.28. The van der Waals surface area contributed by atoms with E-state index in [0.717, 1.165) is 29.9 Å². The molecule has 0 saturated heterocycles. The van der Waals surface area contributed by atoms with E-state index in [1.165, 1.54) is 5.69 Å². The first kappa shape index (κ1) is 11.8. The molecule has 0 aromatic carbocycles. The summed E-state index contributed by atoms with van der Waals surface area (Å²) in [7, 11) is 0. The molecule has 0 aliphatic heterocycles. The summed E-state index contributed by atoms with van der Waals surface area (Å²) in [4.78, 5) is 4.20. The molecule has 0 unspecified atom stereocenters. The minimum absolute atomic E-state index is 0.456. The summed E-state index contributed by atoms with van der Waals surface area (Å²) in [6.45, 7) is 4.71. The number of hydrogen-bond donors (Lipinski definition) is 1. The molecular weight excluding hydrogens is 212 g/mol. The second kappa shape index (κ2) is 5.10. The fraction of sp³-hybridized carbons (Fsp3) is 0.385. The Morgan fingerprint density at radius 3 is 2.65 bits per heavy atom. The van der Waals surface area contributed by atoms with Crippen molar-refractivity contribution in [1.29, 1.82) is 0 Å². The molecule has 0 aliphatic rings. The van der Waals surface area contributed by atoms with Gasteiger partial charge < -0.3 is 5.73 Å². The zero-order valence-electron chi connectivity index (χ0n) is 10.3. The van der Waals surface area contributed by atoms with Crippen molar-refractivity contribution in [3.8, 4) is 5.69 Å². The van der Waals surface area contributed by atoms with Gasteiger partial charge in [-0.1, -0.05) is 13.8 Å². The van der Waals surface area contributed by atoms with E-state index in [9.17, 15) is 0 Å². The summed E-state index contributed by atoms with van der Waals surface area (Å²) >= 11 is 0. The number of nitrogens with zero attached hydrogens (tertiary/aromatic N) is 3. The van der Waals surface area contributed by atoms with Gasteiger partial charge in [-0.2, -0.15) is 5.10 Å². The van der Waals surface area contributed by atoms with Crippen LogP contribution in [0.25, 0.3) is 5.69 Å². The second-order valence-electron chi connectivity index (χ2n) is 3.96. The van der Waals surface area contributed by atoms with E-state index >= 15 is 0 Å². The average Bonchev–Trinajstić information content (AvgIpc) is 2.82. The Morgan fingerprint density at radius 2 is 2.00 bits per heavy atom. The highest BCUT2D eigenvalue weighted by Crippen LogP contribution is 2.14. The van der Waals surface area contributed by atoms with Crippen molar-refractivity contribution in [3.05, 3.63) is 41.5 Å². The molecule has 0 fully saturated rings. The lowest BCUT2D eigenvalue weighted by molar-refractivity contribution is 0.789. The van der Waals surface area contributed by atoms with E-state index in [2.05, 4.69) is 30.0 Å². The van der Waals surface area contributed by atoms with Gasteiger partial charge in [-0.15, -0.1) is 0 Å². The highest BCUT2D eigenvalue weighted by atomic mass is 15.3. The number of aromatic nitrogens is 3. The molecule has 2 N–H and O–H groups in total. The number of nitrogens with two attached hydrogens (primary N) is 1. The van der Waals surface area contributed by atoms with Crippen LogP contribution in [0.5, 0.6) is 0 Å². The summed E-state index contributed by atoms with van der Waals surface area (Å²) in [5.74, 6) is 0. The van der Waals surface area contributed by atoms with Crippen molar-refractivity contribution in [3.63, 3.8) is 0 Å². The van der Waals surface area contributed by atoms with E-state index in [4.69, 9.17) is 5.73 Å². The summed E-state index contributed by atoms with van der Waals surface area (Å²) < 4.78 is 1.99. The maximum atomic E-state index is 5.61. The number of pyridine rings is 1. The molecule has 0 aliphatic carbocycles. The Hall–Kier alpha value is -1.68. The highest BCUT2D eigenvalue weighted by Gasteiger charge is 2.07. The SMILES string of the molecule is CCc1cc(CC)n(-c2ccnc(CN)c2)n1. The molecule has 2 aromatic rings. The van der Waals surface area contributed by atoms with Crippen LogP contribution >= 0.6 is 0 Å². The van der Waals surface area contributed by atoms with E-state index in [1.807, 2.05) is 16.8 Å². The van der Waals surface area contributed by atoms with Crippen molar-refractivity contribution in [2.45, 2.75) is 33.2 Å². The lowest BCUT2D eigenvalue weighted by atomic mass is 10.2. The monoisotopic (exact) mass is 230 g/mol. The maximum Gasteiger partial charge on any atom is 0.0682 e. The van der Waals surface area contributed by atoms with Gasteiger partial charge in [0.15, 0.2) is 0 Å². The molecule has 90 valence electrons. The van der Waals surface area contributed by atoms with E-state index in [1.54, 1.807) is 6.20 Å². The fourth-order valence-electron chi connectivity index (χ4n) is 1.83. The van der Waals surface area contributed by atoms with Gasteiger partial charge in [-0.05, 0) is 31.0 Å². The van der Waals surface area contributed by atoms with Gasteiger partial charge in [0, 0.05) is 18.4 Å². The van der Waals surface area contributed by atoms with Crippen LogP contribution in [0.15, 0.2) is 24.4 Å². The molecule has 2 heterocycles. The van der Waals surface area contributed by atoms with Gasteiger partial charge in [-0.25, -0.2) is 4.68 Å². The van der Waals surface area contributed by atoms with E-state index in [0.29, 0.717) is 6.54 Å². The van der Waals surface area contributed by atoms with Crippen LogP contribution in [0, 0.1) is 0 Å². The summed E-state index contributed by atoms with van der Waals surface area (Å²) in [5, 5.41) is 4.59. The molecular formula is C13H18N4. The fourth-order valence-corrected chi connectivity index (χ4v) is 1.83. The van der Waals surface area contributed by atoms with Crippen molar-refractivity contribution in [1.82, 2.24) is 14.8 Å². The molecule has 0 spiro atoms. The van der Waals surface area contributed by atoms with E-state index in [-0.39, 0.29) is 0 Å². The molecule has 0 radical (unpaired) electrons. The van der Waals surface area contributed by atoms with Crippen LogP contribution in [0.3, 0.4) is 0 Å². The van der Waals surface area contributed by atoms with Crippen molar-refractivity contribution >= 4 is 0 Å². The van der Waals surface area contributed by atoms with Crippen LogP contribution in [0.4, 0.5) is 0 Å². The maximum absolute atomic E-state index is 5.61. The van der Waals surface area contributed by atoms with Crippen LogP contribution in [0.1, 0.15) is 30.9 Å². The number of aryl methyl sites for hydroxylation is 2. The van der Waals surface area contributed by atoms with Crippen LogP contribution in [-0.2, 0) is 19.4 Å². The van der Waals surface area contributed by atoms with Gasteiger partial charge in [0.25, 0.3) is 0 Å². The van der Waals surface area contributed by atoms with Gasteiger partial charge in [-0.3, -0.25) is 4.98 Å². The molecule has 0 amide bonds. The molecule has 0 atom stereocenters. The van der Waals surface area contributed by atoms with Crippen molar-refractivity contribution in [2.24, 2.45) is 5.73 Å². The zero-order chi connectivity index (χ0) is 12.3. The van der Waals surface area contributed by atoms with Crippen LogP contribution < -0.4 is 5.73 Å². The molecule has 4 heteroatoms. The minimum Gasteiger partial charge on any atom is -0.325 e. The summed E-state index contributed by atoms with van der Waals surface area (Å²) in [5.41, 5.74) is 9.87. The number of rotatable bonds is 4. The molecule has 17 heavy (non-hydrogen) atoms. The normalized spacial score (nSPS) is 10.8. The largest absolute Gasteiger partial charge is 0.325 e. The third kappa shape index (κ3) is 2.36. The standard InChI is InChI=1S/C13H18N4/c1-3-10-7-12(4-2)17(16-10)13-5-6-15-11(8-13)9-14/h5-8H,3-4,9,14H2,1-2H3. The second-order valence-corrected chi connectivity index (χ2v) is 3.96. The smallest absolute Gasteiger partial charge is 0.0682 e. The topological polar surface area (TPSA) is 56.7 Å². The third-order valence-electron chi connectivity index (χ3n) is 2.81. The lowest BCUT2D eigenvalue weighted by Gasteiger charge is -2.06. The molecule has 4 nitrogen and oxygen atoms in total. The van der Waals surface area contributed by atoms with Crippen LogP contribution in [0.2, 0.25) is 0 Å². The lowest BCUT2D eigenvalue weighted by Crippen LogP contribution is -2.05. The van der Waals surface area contributed by atoms with Crippen molar-refractivity contribution in [2.75, 3.05) is 0 Å². The Labute approximate surface area is 101 Å². The van der Waals surface area contributed by atoms with Gasteiger partial charge in [0.1, 0.15) is 0 Å². The van der Waals surface area contributed by atoms with Crippen molar-refractivity contribution < 1.29 is 0 Å². The first-order valence-electron chi connectivity index (χ1n) is 6.01. The van der Waals surface area contributed by atoms with Gasteiger partial charge >= 0.3 is 0 Å². The molecule has 0 saturated carbocycles. The molecule has 0 bridgehead atoms. The van der Waals surface area contributed by atoms with Crippen LogP contribution in [-0.4, -0.2) is 14.8 Å². The van der Waals surface area contributed by atoms with E-state index < -0.39 is 0 Å². The Balaban J connectivity index is 2.47. The summed E-state index contributed by atoms with van der Waals surface area (Å²) in [6.07, 6.45) is 3.70. The zero-order valence-corrected chi connectivity index (χ0v) is 10.3. The molecule has 2 rings (SSSR count). The predicted molar refractivity (Wildman–Crippen MR) is 68.0 cm³/mol.